The van der Waals surface area contributed by atoms with E-state index in [9.17, 15) is 35.1 Å². The van der Waals surface area contributed by atoms with Gasteiger partial charge in [0.05, 0.1) is 17.4 Å². The Kier molecular flexibility index (Phi) is 6.67. The molecule has 0 saturated carbocycles. The number of alkyl halides is 7. The normalized spacial score (nSPS) is 21.9. The molecular weight excluding hydrogens is 518 g/mol. The van der Waals surface area contributed by atoms with Gasteiger partial charge in [0.25, 0.3) is 6.02 Å². The van der Waals surface area contributed by atoms with Crippen molar-refractivity contribution in [3.05, 3.63) is 53.1 Å². The lowest BCUT2D eigenvalue weighted by Gasteiger charge is -2.36. The van der Waals surface area contributed by atoms with Gasteiger partial charge in [0, 0.05) is 18.5 Å². The lowest BCUT2D eigenvalue weighted by Crippen LogP contribution is -2.46. The Hall–Kier alpha value is -3.65. The maximum atomic E-state index is 15.0. The molecule has 7 nitrogen and oxygen atoms in total. The van der Waals surface area contributed by atoms with E-state index < -0.39 is 55.0 Å². The van der Waals surface area contributed by atoms with E-state index in [-0.39, 0.29) is 35.1 Å². The van der Waals surface area contributed by atoms with Crippen molar-refractivity contribution in [2.75, 3.05) is 6.61 Å². The number of halogens is 8. The highest BCUT2D eigenvalue weighted by atomic mass is 19.4. The SMILES string of the molecule is C[C@@]1(c2cc3c(cc2F)CNC(c2ccc(OCC(F)(F)C(F)F)cn2)=N3)C[C@@H](C(F)(F)F)OC(N)=N1. The minimum atomic E-state index is -4.75. The number of hydrogen-bond acceptors (Lipinski definition) is 7. The maximum Gasteiger partial charge on any atom is 0.425 e. The zero-order valence-corrected chi connectivity index (χ0v) is 18.9. The molecule has 2 atom stereocenters. The highest BCUT2D eigenvalue weighted by Gasteiger charge is 2.50. The molecule has 3 N–H and O–H groups in total. The summed E-state index contributed by atoms with van der Waals surface area (Å²) in [6.45, 7) is -0.156. The van der Waals surface area contributed by atoms with Crippen molar-refractivity contribution in [1.82, 2.24) is 10.3 Å². The molecule has 0 amide bonds. The monoisotopic (exact) mass is 537 g/mol. The van der Waals surface area contributed by atoms with E-state index in [4.69, 9.17) is 5.73 Å². The van der Waals surface area contributed by atoms with Crippen molar-refractivity contribution >= 4 is 17.5 Å². The maximum absolute atomic E-state index is 15.0. The van der Waals surface area contributed by atoms with Crippen LogP contribution in [-0.2, 0) is 16.8 Å². The fraction of sp³-hybridized carbons (Fsp3) is 0.409. The molecule has 2 aliphatic heterocycles. The first-order valence-electron chi connectivity index (χ1n) is 10.7. The van der Waals surface area contributed by atoms with Gasteiger partial charge in [-0.3, -0.25) is 0 Å². The Labute approximate surface area is 204 Å². The fourth-order valence-corrected chi connectivity index (χ4v) is 3.81. The van der Waals surface area contributed by atoms with Crippen LogP contribution >= 0.6 is 0 Å². The number of aromatic nitrogens is 1. The number of aliphatic imine (C=N–C) groups is 2. The number of nitrogens with two attached hydrogens (primary N) is 1. The molecule has 2 aliphatic rings. The third kappa shape index (κ3) is 5.54. The van der Waals surface area contributed by atoms with Gasteiger partial charge in [0.1, 0.15) is 17.3 Å². The zero-order valence-electron chi connectivity index (χ0n) is 18.9. The van der Waals surface area contributed by atoms with E-state index in [0.29, 0.717) is 5.56 Å². The van der Waals surface area contributed by atoms with Gasteiger partial charge in [-0.05, 0) is 36.8 Å². The Bertz CT molecular complexity index is 1230. The van der Waals surface area contributed by atoms with Crippen molar-refractivity contribution in [2.45, 2.75) is 50.1 Å². The molecule has 4 rings (SSSR count). The van der Waals surface area contributed by atoms with Gasteiger partial charge in [-0.1, -0.05) is 0 Å². The summed E-state index contributed by atoms with van der Waals surface area (Å²) in [5.41, 5.74) is 4.44. The quantitative estimate of drug-likeness (QED) is 0.527. The van der Waals surface area contributed by atoms with E-state index in [0.717, 1.165) is 12.3 Å². The molecule has 15 heteroatoms. The second kappa shape index (κ2) is 9.34. The largest absolute Gasteiger partial charge is 0.485 e. The molecular formula is C22H19F8N5O2. The summed E-state index contributed by atoms with van der Waals surface area (Å²) in [4.78, 5) is 12.3. The molecule has 1 aromatic heterocycles. The van der Waals surface area contributed by atoms with Crippen LogP contribution in [-0.4, -0.2) is 48.1 Å². The van der Waals surface area contributed by atoms with Crippen molar-refractivity contribution in [3.8, 4) is 5.75 Å². The van der Waals surface area contributed by atoms with Crippen LogP contribution in [0.3, 0.4) is 0 Å². The lowest BCUT2D eigenvalue weighted by atomic mass is 9.84. The topological polar surface area (TPSA) is 94.1 Å². The summed E-state index contributed by atoms with van der Waals surface area (Å²) in [5.74, 6) is -5.14. The number of hydrogen-bond donors (Lipinski definition) is 2. The zero-order chi connectivity index (χ0) is 27.2. The Morgan fingerprint density at radius 3 is 2.57 bits per heavy atom. The van der Waals surface area contributed by atoms with Gasteiger partial charge in [0.15, 0.2) is 18.5 Å². The van der Waals surface area contributed by atoms with Crippen molar-refractivity contribution in [3.63, 3.8) is 0 Å². The molecule has 1 aromatic carbocycles. The molecule has 0 unspecified atom stereocenters. The van der Waals surface area contributed by atoms with Gasteiger partial charge in [0.2, 0.25) is 0 Å². The number of pyridine rings is 1. The average Bonchev–Trinajstić information content (AvgIpc) is 2.81. The molecule has 0 aliphatic carbocycles. The van der Waals surface area contributed by atoms with Crippen LogP contribution in [0.5, 0.6) is 5.75 Å². The molecule has 0 spiro atoms. The summed E-state index contributed by atoms with van der Waals surface area (Å²) < 4.78 is 115. The van der Waals surface area contributed by atoms with Crippen LogP contribution in [0.4, 0.5) is 40.8 Å². The third-order valence-corrected chi connectivity index (χ3v) is 5.72. The Morgan fingerprint density at radius 2 is 1.95 bits per heavy atom. The fourth-order valence-electron chi connectivity index (χ4n) is 3.81. The minimum absolute atomic E-state index is 0.0856. The standard InChI is InChI=1S/C22H19F8N5O2/c1-20(6-16(22(28,29)30)37-19(31)35-20)12-5-15-10(4-13(12)23)7-33-17(34-15)14-3-2-11(8-32-14)36-9-21(26,27)18(24)25/h2-5,8,16,18H,6-7,9H2,1H3,(H2,31,35)(H,33,34)/t16-,20-/m0/s1. The van der Waals surface area contributed by atoms with Gasteiger partial charge in [-0.25, -0.2) is 28.1 Å². The first kappa shape index (κ1) is 26.4. The molecule has 0 bridgehead atoms. The molecule has 3 heterocycles. The number of ether oxygens (including phenoxy) is 2. The van der Waals surface area contributed by atoms with Crippen LogP contribution in [0.15, 0.2) is 40.4 Å². The summed E-state index contributed by atoms with van der Waals surface area (Å²) in [6, 6.07) is 4.22. The molecule has 2 aromatic rings. The van der Waals surface area contributed by atoms with E-state index in [2.05, 4.69) is 29.8 Å². The van der Waals surface area contributed by atoms with Crippen LogP contribution in [0, 0.1) is 5.82 Å². The van der Waals surface area contributed by atoms with Crippen LogP contribution < -0.4 is 15.8 Å². The number of nitrogens with one attached hydrogen (secondary N) is 1. The van der Waals surface area contributed by atoms with Gasteiger partial charge in [-0.2, -0.15) is 22.0 Å². The number of amidine groups is 2. The number of fused-ring (bicyclic) bond motifs is 1. The minimum Gasteiger partial charge on any atom is -0.485 e. The van der Waals surface area contributed by atoms with E-state index in [1.807, 2.05) is 0 Å². The highest BCUT2D eigenvalue weighted by Crippen LogP contribution is 2.42. The van der Waals surface area contributed by atoms with Crippen LogP contribution in [0.1, 0.15) is 30.2 Å². The van der Waals surface area contributed by atoms with Gasteiger partial charge in [-0.15, -0.1) is 0 Å². The number of nitrogens with zero attached hydrogens (tertiary/aromatic N) is 3. The van der Waals surface area contributed by atoms with Gasteiger partial charge < -0.3 is 20.5 Å². The van der Waals surface area contributed by atoms with Crippen LogP contribution in [0.2, 0.25) is 0 Å². The first-order valence-corrected chi connectivity index (χ1v) is 10.7. The van der Waals surface area contributed by atoms with Crippen molar-refractivity contribution in [2.24, 2.45) is 15.7 Å². The summed E-state index contributed by atoms with van der Waals surface area (Å²) >= 11 is 0. The Balaban J connectivity index is 1.60. The molecule has 0 fully saturated rings. The second-order valence-electron chi connectivity index (χ2n) is 8.58. The number of rotatable bonds is 6. The van der Waals surface area contributed by atoms with E-state index in [1.165, 1.54) is 25.1 Å². The summed E-state index contributed by atoms with van der Waals surface area (Å²) in [7, 11) is 0. The summed E-state index contributed by atoms with van der Waals surface area (Å²) in [5, 5.41) is 2.90. The van der Waals surface area contributed by atoms with Gasteiger partial charge >= 0.3 is 18.5 Å². The van der Waals surface area contributed by atoms with Crippen molar-refractivity contribution in [1.29, 1.82) is 0 Å². The average molecular weight is 537 g/mol. The third-order valence-electron chi connectivity index (χ3n) is 5.72. The molecule has 200 valence electrons. The van der Waals surface area contributed by atoms with Crippen molar-refractivity contribution < 1.29 is 44.6 Å². The molecule has 0 saturated heterocycles. The second-order valence-corrected chi connectivity index (χ2v) is 8.58. The van der Waals surface area contributed by atoms with E-state index in [1.54, 1.807) is 0 Å². The first-order chi connectivity index (χ1) is 17.2. The number of benzene rings is 1. The van der Waals surface area contributed by atoms with E-state index >= 15 is 0 Å². The molecule has 0 radical (unpaired) electrons. The molecule has 37 heavy (non-hydrogen) atoms. The Morgan fingerprint density at radius 1 is 1.22 bits per heavy atom. The predicted octanol–water partition coefficient (Wildman–Crippen LogP) is 4.56. The lowest BCUT2D eigenvalue weighted by molar-refractivity contribution is -0.208. The predicted molar refractivity (Wildman–Crippen MR) is 115 cm³/mol. The smallest absolute Gasteiger partial charge is 0.425 e. The van der Waals surface area contributed by atoms with Crippen LogP contribution in [0.25, 0.3) is 0 Å². The highest BCUT2D eigenvalue weighted by molar-refractivity contribution is 5.99. The summed E-state index contributed by atoms with van der Waals surface area (Å²) in [6.07, 6.45) is -10.6.